The quantitative estimate of drug-likeness (QED) is 0.792. The van der Waals surface area contributed by atoms with Gasteiger partial charge in [0.2, 0.25) is 5.76 Å². The highest BCUT2D eigenvalue weighted by atomic mass is 16.6. The van der Waals surface area contributed by atoms with Crippen molar-refractivity contribution in [2.45, 2.75) is 20.0 Å². The topological polar surface area (TPSA) is 61.6 Å². The SMILES string of the molecule is COc1cccc([C@@H](C)OC(=O)c2cnc(C)o2)c1. The van der Waals surface area contributed by atoms with Crippen LogP contribution in [0, 0.1) is 6.92 Å². The number of methoxy groups -OCH3 is 1. The molecule has 0 fully saturated rings. The molecule has 0 N–H and O–H groups in total. The highest BCUT2D eigenvalue weighted by Crippen LogP contribution is 2.22. The first-order valence-corrected chi connectivity index (χ1v) is 5.87. The Bertz CT molecular complexity index is 576. The number of ether oxygens (including phenoxy) is 2. The van der Waals surface area contributed by atoms with Crippen molar-refractivity contribution in [1.82, 2.24) is 4.98 Å². The van der Waals surface area contributed by atoms with Crippen molar-refractivity contribution in [2.24, 2.45) is 0 Å². The van der Waals surface area contributed by atoms with E-state index >= 15 is 0 Å². The fraction of sp³-hybridized carbons (Fsp3) is 0.286. The first-order valence-electron chi connectivity index (χ1n) is 5.87. The number of hydrogen-bond donors (Lipinski definition) is 0. The molecule has 1 aromatic heterocycles. The Hall–Kier alpha value is -2.30. The molecule has 0 unspecified atom stereocenters. The molecule has 19 heavy (non-hydrogen) atoms. The fourth-order valence-corrected chi connectivity index (χ4v) is 1.64. The first-order chi connectivity index (χ1) is 9.10. The van der Waals surface area contributed by atoms with Crippen molar-refractivity contribution in [2.75, 3.05) is 7.11 Å². The number of nitrogens with zero attached hydrogens (tertiary/aromatic N) is 1. The summed E-state index contributed by atoms with van der Waals surface area (Å²) in [5, 5.41) is 0. The van der Waals surface area contributed by atoms with Gasteiger partial charge in [-0.2, -0.15) is 0 Å². The maximum Gasteiger partial charge on any atom is 0.376 e. The molecule has 1 heterocycles. The zero-order valence-electron chi connectivity index (χ0n) is 11.0. The van der Waals surface area contributed by atoms with E-state index in [9.17, 15) is 4.79 Å². The zero-order chi connectivity index (χ0) is 13.8. The van der Waals surface area contributed by atoms with Crippen LogP contribution in [0.5, 0.6) is 5.75 Å². The van der Waals surface area contributed by atoms with Gasteiger partial charge in [0, 0.05) is 6.92 Å². The summed E-state index contributed by atoms with van der Waals surface area (Å²) in [4.78, 5) is 15.7. The molecule has 0 saturated heterocycles. The molecular formula is C14H15NO4. The Kier molecular flexibility index (Phi) is 3.85. The van der Waals surface area contributed by atoms with E-state index in [-0.39, 0.29) is 5.76 Å². The summed E-state index contributed by atoms with van der Waals surface area (Å²) >= 11 is 0. The fourth-order valence-electron chi connectivity index (χ4n) is 1.64. The number of carbonyl (C=O) groups excluding carboxylic acids is 1. The van der Waals surface area contributed by atoms with E-state index in [2.05, 4.69) is 4.98 Å². The van der Waals surface area contributed by atoms with Gasteiger partial charge in [0.25, 0.3) is 0 Å². The molecule has 0 radical (unpaired) electrons. The summed E-state index contributed by atoms with van der Waals surface area (Å²) in [6, 6.07) is 7.37. The van der Waals surface area contributed by atoms with Crippen molar-refractivity contribution < 1.29 is 18.7 Å². The van der Waals surface area contributed by atoms with Gasteiger partial charge in [0.1, 0.15) is 11.9 Å². The minimum atomic E-state index is -0.532. The van der Waals surface area contributed by atoms with Gasteiger partial charge in [-0.3, -0.25) is 0 Å². The van der Waals surface area contributed by atoms with Gasteiger partial charge in [0.15, 0.2) is 5.89 Å². The van der Waals surface area contributed by atoms with Gasteiger partial charge in [-0.05, 0) is 24.6 Å². The van der Waals surface area contributed by atoms with Crippen molar-refractivity contribution in [3.05, 3.63) is 47.7 Å². The molecule has 100 valence electrons. The largest absolute Gasteiger partial charge is 0.497 e. The minimum Gasteiger partial charge on any atom is -0.497 e. The predicted molar refractivity (Wildman–Crippen MR) is 68.1 cm³/mol. The van der Waals surface area contributed by atoms with Crippen molar-refractivity contribution in [3.63, 3.8) is 0 Å². The van der Waals surface area contributed by atoms with Crippen LogP contribution in [-0.2, 0) is 4.74 Å². The summed E-state index contributed by atoms with van der Waals surface area (Å²) in [6.45, 7) is 3.46. The highest BCUT2D eigenvalue weighted by molar-refractivity contribution is 5.86. The second-order valence-electron chi connectivity index (χ2n) is 4.07. The summed E-state index contributed by atoms with van der Waals surface area (Å²) in [5.74, 6) is 0.722. The molecule has 0 saturated carbocycles. The monoisotopic (exact) mass is 261 g/mol. The van der Waals surface area contributed by atoms with Crippen LogP contribution in [0.1, 0.15) is 35.0 Å². The molecule has 0 aliphatic heterocycles. The van der Waals surface area contributed by atoms with Crippen molar-refractivity contribution in [3.8, 4) is 5.75 Å². The lowest BCUT2D eigenvalue weighted by molar-refractivity contribution is 0.0299. The van der Waals surface area contributed by atoms with Crippen molar-refractivity contribution >= 4 is 5.97 Å². The molecule has 5 heteroatoms. The van der Waals surface area contributed by atoms with Crippen LogP contribution >= 0.6 is 0 Å². The van der Waals surface area contributed by atoms with Gasteiger partial charge in [-0.25, -0.2) is 9.78 Å². The summed E-state index contributed by atoms with van der Waals surface area (Å²) < 4.78 is 15.6. The van der Waals surface area contributed by atoms with Gasteiger partial charge in [-0.15, -0.1) is 0 Å². The average molecular weight is 261 g/mol. The Balaban J connectivity index is 2.08. The van der Waals surface area contributed by atoms with E-state index in [1.165, 1.54) is 6.20 Å². The Morgan fingerprint density at radius 1 is 1.42 bits per heavy atom. The number of hydrogen-bond acceptors (Lipinski definition) is 5. The maximum atomic E-state index is 11.8. The molecule has 0 aliphatic carbocycles. The Morgan fingerprint density at radius 3 is 2.84 bits per heavy atom. The van der Waals surface area contributed by atoms with Gasteiger partial charge in [-0.1, -0.05) is 12.1 Å². The Labute approximate surface area is 111 Å². The van der Waals surface area contributed by atoms with Crippen LogP contribution in [0.4, 0.5) is 0 Å². The number of aromatic nitrogens is 1. The van der Waals surface area contributed by atoms with Crippen LogP contribution in [-0.4, -0.2) is 18.1 Å². The predicted octanol–water partition coefficient (Wildman–Crippen LogP) is 2.91. The van der Waals surface area contributed by atoms with Gasteiger partial charge >= 0.3 is 5.97 Å². The normalized spacial score (nSPS) is 11.9. The summed E-state index contributed by atoms with van der Waals surface area (Å²) in [5.41, 5.74) is 0.851. The molecule has 1 aromatic carbocycles. The van der Waals surface area contributed by atoms with E-state index in [4.69, 9.17) is 13.9 Å². The number of esters is 1. The smallest absolute Gasteiger partial charge is 0.376 e. The van der Waals surface area contributed by atoms with Gasteiger partial charge in [0.05, 0.1) is 13.3 Å². The second kappa shape index (κ2) is 5.56. The number of rotatable bonds is 4. The summed E-state index contributed by atoms with van der Waals surface area (Å²) in [6.07, 6.45) is 0.962. The number of oxazole rings is 1. The van der Waals surface area contributed by atoms with Crippen LogP contribution in [0.3, 0.4) is 0 Å². The third kappa shape index (κ3) is 3.13. The Morgan fingerprint density at radius 2 is 2.21 bits per heavy atom. The molecule has 0 amide bonds. The van der Waals surface area contributed by atoms with E-state index < -0.39 is 12.1 Å². The highest BCUT2D eigenvalue weighted by Gasteiger charge is 2.17. The second-order valence-corrected chi connectivity index (χ2v) is 4.07. The van der Waals surface area contributed by atoms with Crippen LogP contribution in [0.25, 0.3) is 0 Å². The van der Waals surface area contributed by atoms with E-state index in [1.807, 2.05) is 24.3 Å². The molecule has 2 aromatic rings. The third-order valence-corrected chi connectivity index (χ3v) is 2.67. The van der Waals surface area contributed by atoms with E-state index in [0.29, 0.717) is 5.89 Å². The zero-order valence-corrected chi connectivity index (χ0v) is 11.0. The molecule has 0 bridgehead atoms. The number of carbonyl (C=O) groups is 1. The first kappa shape index (κ1) is 13.1. The lowest BCUT2D eigenvalue weighted by Crippen LogP contribution is -2.08. The molecule has 0 aliphatic rings. The molecule has 0 spiro atoms. The maximum absolute atomic E-state index is 11.8. The molecule has 2 rings (SSSR count). The lowest BCUT2D eigenvalue weighted by Gasteiger charge is -2.13. The van der Waals surface area contributed by atoms with Gasteiger partial charge < -0.3 is 13.9 Å². The average Bonchev–Trinajstić information content (AvgIpc) is 2.85. The van der Waals surface area contributed by atoms with Crippen LogP contribution < -0.4 is 4.74 Å². The van der Waals surface area contributed by atoms with Crippen molar-refractivity contribution in [1.29, 1.82) is 0 Å². The van der Waals surface area contributed by atoms with Crippen LogP contribution in [0.15, 0.2) is 34.9 Å². The van der Waals surface area contributed by atoms with Crippen LogP contribution in [0.2, 0.25) is 0 Å². The number of aryl methyl sites for hydroxylation is 1. The van der Waals surface area contributed by atoms with E-state index in [0.717, 1.165) is 11.3 Å². The standard InChI is InChI=1S/C14H15NO4/c1-9(11-5-4-6-12(7-11)17-3)18-14(16)13-8-15-10(2)19-13/h4-9H,1-3H3/t9-/m1/s1. The summed E-state index contributed by atoms with van der Waals surface area (Å²) in [7, 11) is 1.59. The molecular weight excluding hydrogens is 246 g/mol. The lowest BCUT2D eigenvalue weighted by atomic mass is 10.1. The van der Waals surface area contributed by atoms with E-state index in [1.54, 1.807) is 21.0 Å². The minimum absolute atomic E-state index is 0.104. The third-order valence-electron chi connectivity index (χ3n) is 2.67. The molecule has 1 atom stereocenters. The molecule has 5 nitrogen and oxygen atoms in total. The number of benzene rings is 1.